The van der Waals surface area contributed by atoms with Crippen LogP contribution < -0.4 is 0 Å². The highest BCUT2D eigenvalue weighted by Crippen LogP contribution is 1.97. The van der Waals surface area contributed by atoms with E-state index < -0.39 is 0 Å². The maximum Gasteiger partial charge on any atom is 0.179 e. The number of alkyl halides is 1. The summed E-state index contributed by atoms with van der Waals surface area (Å²) in [5.41, 5.74) is 0. The Morgan fingerprint density at radius 2 is 2.29 bits per heavy atom. The van der Waals surface area contributed by atoms with Crippen LogP contribution in [0.5, 0.6) is 0 Å². The summed E-state index contributed by atoms with van der Waals surface area (Å²) in [5, 5.41) is 0.195. The number of hydrogen-bond donors (Lipinski definition) is 0. The number of rotatable bonds is 3. The van der Waals surface area contributed by atoms with Crippen LogP contribution in [0.1, 0.15) is 0 Å². The van der Waals surface area contributed by atoms with Crippen molar-refractivity contribution in [3.05, 3.63) is 11.8 Å². The molecule has 0 N–H and O–H groups in total. The minimum Gasteiger partial charge on any atom is -0.482 e. The molecule has 0 rings (SSSR count). The van der Waals surface area contributed by atoms with Crippen molar-refractivity contribution >= 4 is 23.2 Å². The highest BCUT2D eigenvalue weighted by molar-refractivity contribution is 6.28. The molecule has 0 aromatic heterocycles. The van der Waals surface area contributed by atoms with Gasteiger partial charge in [0.1, 0.15) is 6.61 Å². The highest BCUT2D eigenvalue weighted by Gasteiger charge is 1.82. The summed E-state index contributed by atoms with van der Waals surface area (Å²) in [6, 6.07) is 0. The van der Waals surface area contributed by atoms with Crippen molar-refractivity contribution in [1.82, 2.24) is 0 Å². The van der Waals surface area contributed by atoms with E-state index in [0.29, 0.717) is 12.5 Å². The van der Waals surface area contributed by atoms with Gasteiger partial charge in [-0.15, -0.1) is 11.6 Å². The van der Waals surface area contributed by atoms with E-state index in [1.54, 1.807) is 0 Å². The third kappa shape index (κ3) is 6.12. The SMILES string of the molecule is C=C(Cl)OCCCl. The topological polar surface area (TPSA) is 9.23 Å². The molecule has 0 aliphatic rings. The molecule has 3 heteroatoms. The Morgan fingerprint density at radius 3 is 2.43 bits per heavy atom. The quantitative estimate of drug-likeness (QED) is 0.431. The van der Waals surface area contributed by atoms with Gasteiger partial charge in [-0.2, -0.15) is 0 Å². The van der Waals surface area contributed by atoms with Crippen LogP contribution in [-0.2, 0) is 4.74 Å². The van der Waals surface area contributed by atoms with Crippen LogP contribution in [0.2, 0.25) is 0 Å². The maximum atomic E-state index is 5.22. The second-order valence-electron chi connectivity index (χ2n) is 0.893. The summed E-state index contributed by atoms with van der Waals surface area (Å²) in [5.74, 6) is 0.450. The minimum absolute atomic E-state index is 0.195. The molecule has 1 nitrogen and oxygen atoms in total. The zero-order valence-corrected chi connectivity index (χ0v) is 5.30. The Kier molecular flexibility index (Phi) is 4.36. The van der Waals surface area contributed by atoms with Crippen molar-refractivity contribution in [3.8, 4) is 0 Å². The minimum atomic E-state index is 0.195. The predicted molar refractivity (Wildman–Crippen MR) is 31.7 cm³/mol. The molecule has 0 fully saturated rings. The van der Waals surface area contributed by atoms with Gasteiger partial charge in [0.2, 0.25) is 0 Å². The molecule has 0 amide bonds. The molecule has 0 aliphatic carbocycles. The standard InChI is InChI=1S/C4H6Cl2O/c1-4(6)7-3-2-5/h1-3H2. The third-order valence-electron chi connectivity index (χ3n) is 0.336. The molecule has 0 heterocycles. The van der Waals surface area contributed by atoms with E-state index in [4.69, 9.17) is 23.2 Å². The second kappa shape index (κ2) is 4.28. The van der Waals surface area contributed by atoms with E-state index in [1.807, 2.05) is 0 Å². The van der Waals surface area contributed by atoms with E-state index >= 15 is 0 Å². The predicted octanol–water partition coefficient (Wildman–Crippen LogP) is 1.95. The molecule has 0 saturated heterocycles. The molecular weight excluding hydrogens is 135 g/mol. The molecule has 0 aliphatic heterocycles. The lowest BCUT2D eigenvalue weighted by Crippen LogP contribution is -1.88. The highest BCUT2D eigenvalue weighted by atomic mass is 35.5. The maximum absolute atomic E-state index is 5.22. The van der Waals surface area contributed by atoms with E-state index in [9.17, 15) is 0 Å². The summed E-state index contributed by atoms with van der Waals surface area (Å²) in [6.07, 6.45) is 0. The molecule has 0 unspecified atom stereocenters. The number of hydrogen-bond acceptors (Lipinski definition) is 1. The molecule has 7 heavy (non-hydrogen) atoms. The lowest BCUT2D eigenvalue weighted by molar-refractivity contribution is 0.259. The summed E-state index contributed by atoms with van der Waals surface area (Å²) in [4.78, 5) is 0. The lowest BCUT2D eigenvalue weighted by atomic mass is 10.8. The molecular formula is C4H6Cl2O. The Labute approximate surface area is 52.9 Å². The largest absolute Gasteiger partial charge is 0.482 e. The summed E-state index contributed by atoms with van der Waals surface area (Å²) in [7, 11) is 0. The first-order valence-corrected chi connectivity index (χ1v) is 2.72. The van der Waals surface area contributed by atoms with Gasteiger partial charge in [0.15, 0.2) is 5.22 Å². The van der Waals surface area contributed by atoms with Crippen LogP contribution in [0.15, 0.2) is 11.8 Å². The first-order chi connectivity index (χ1) is 3.27. The summed E-state index contributed by atoms with van der Waals surface area (Å²) >= 11 is 10.4. The van der Waals surface area contributed by atoms with Crippen LogP contribution >= 0.6 is 23.2 Å². The van der Waals surface area contributed by atoms with Crippen LogP contribution in [0.4, 0.5) is 0 Å². The van der Waals surface area contributed by atoms with Gasteiger partial charge in [-0.05, 0) is 18.2 Å². The molecule has 0 aromatic carbocycles. The molecule has 0 atom stereocenters. The Morgan fingerprint density at radius 1 is 1.71 bits per heavy atom. The molecule has 42 valence electrons. The van der Waals surface area contributed by atoms with Crippen molar-refractivity contribution < 1.29 is 4.74 Å². The number of halogens is 2. The van der Waals surface area contributed by atoms with Gasteiger partial charge in [0.05, 0.1) is 5.88 Å². The lowest BCUT2D eigenvalue weighted by Gasteiger charge is -1.95. The molecule has 0 saturated carbocycles. The van der Waals surface area contributed by atoms with Gasteiger partial charge in [-0.3, -0.25) is 0 Å². The van der Waals surface area contributed by atoms with Crippen molar-refractivity contribution in [1.29, 1.82) is 0 Å². The molecule has 0 bridgehead atoms. The van der Waals surface area contributed by atoms with Crippen molar-refractivity contribution in [3.63, 3.8) is 0 Å². The molecule has 0 radical (unpaired) electrons. The molecule has 0 spiro atoms. The Bertz CT molecular complexity index is 62.7. The summed E-state index contributed by atoms with van der Waals surface area (Å²) in [6.45, 7) is 3.71. The smallest absolute Gasteiger partial charge is 0.179 e. The van der Waals surface area contributed by atoms with Crippen molar-refractivity contribution in [2.45, 2.75) is 0 Å². The normalized spacial score (nSPS) is 8.29. The zero-order chi connectivity index (χ0) is 5.70. The van der Waals surface area contributed by atoms with Crippen molar-refractivity contribution in [2.24, 2.45) is 0 Å². The van der Waals surface area contributed by atoms with E-state index in [-0.39, 0.29) is 5.22 Å². The first-order valence-electron chi connectivity index (χ1n) is 1.80. The molecule has 0 aromatic rings. The van der Waals surface area contributed by atoms with Crippen LogP contribution in [0, 0.1) is 0 Å². The van der Waals surface area contributed by atoms with Gasteiger partial charge in [0.25, 0.3) is 0 Å². The second-order valence-corrected chi connectivity index (χ2v) is 1.69. The van der Waals surface area contributed by atoms with Crippen LogP contribution in [0.3, 0.4) is 0 Å². The van der Waals surface area contributed by atoms with Crippen molar-refractivity contribution in [2.75, 3.05) is 12.5 Å². The van der Waals surface area contributed by atoms with Gasteiger partial charge in [-0.1, -0.05) is 0 Å². The van der Waals surface area contributed by atoms with E-state index in [1.165, 1.54) is 0 Å². The monoisotopic (exact) mass is 140 g/mol. The Hall–Kier alpha value is 0.120. The average molecular weight is 141 g/mol. The van der Waals surface area contributed by atoms with Gasteiger partial charge >= 0.3 is 0 Å². The van der Waals surface area contributed by atoms with Gasteiger partial charge in [0, 0.05) is 0 Å². The van der Waals surface area contributed by atoms with Gasteiger partial charge in [-0.25, -0.2) is 0 Å². The fourth-order valence-corrected chi connectivity index (χ4v) is 0.304. The third-order valence-corrected chi connectivity index (χ3v) is 0.599. The van der Waals surface area contributed by atoms with Crippen LogP contribution in [-0.4, -0.2) is 12.5 Å². The number of ether oxygens (including phenoxy) is 1. The van der Waals surface area contributed by atoms with Gasteiger partial charge < -0.3 is 4.74 Å². The zero-order valence-electron chi connectivity index (χ0n) is 3.79. The van der Waals surface area contributed by atoms with E-state index in [2.05, 4.69) is 11.3 Å². The fraction of sp³-hybridized carbons (Fsp3) is 0.500. The summed E-state index contributed by atoms with van der Waals surface area (Å²) < 4.78 is 4.63. The van der Waals surface area contributed by atoms with E-state index in [0.717, 1.165) is 0 Å². The fourth-order valence-electron chi connectivity index (χ4n) is 0.149. The van der Waals surface area contributed by atoms with Crippen LogP contribution in [0.25, 0.3) is 0 Å². The first kappa shape index (κ1) is 7.12. The average Bonchev–Trinajstić information content (AvgIpc) is 1.61. The Balaban J connectivity index is 2.82.